The number of aromatic nitrogens is 1. The Kier molecular flexibility index (Phi) is 12.9. The first-order valence-corrected chi connectivity index (χ1v) is 13.2. The number of carboxylic acid groups (broad SMARTS) is 1. The van der Waals surface area contributed by atoms with Gasteiger partial charge in [0.25, 0.3) is 0 Å². The molecule has 4 unspecified atom stereocenters. The average molecular weight is 560 g/mol. The van der Waals surface area contributed by atoms with Crippen LogP contribution >= 0.6 is 0 Å². The monoisotopic (exact) mass is 559 g/mol. The highest BCUT2D eigenvalue weighted by Crippen LogP contribution is 2.19. The number of nitrogens with one attached hydrogen (secondary N) is 4. The van der Waals surface area contributed by atoms with Gasteiger partial charge in [-0.15, -0.1) is 0 Å². The number of aromatic amines is 1. The molecule has 1 aromatic carbocycles. The molecule has 0 aliphatic rings. The molecule has 3 amide bonds. The molecule has 0 aliphatic heterocycles. The first-order chi connectivity index (χ1) is 19.0. The van der Waals surface area contributed by atoms with E-state index in [1.54, 1.807) is 6.20 Å². The van der Waals surface area contributed by atoms with Gasteiger partial charge < -0.3 is 49.0 Å². The van der Waals surface area contributed by atoms with Gasteiger partial charge in [-0.2, -0.15) is 0 Å². The van der Waals surface area contributed by atoms with E-state index in [4.69, 9.17) is 22.9 Å². The summed E-state index contributed by atoms with van der Waals surface area (Å²) < 4.78 is 0. The number of nitrogens with zero attached hydrogens (tertiary/aromatic N) is 1. The molecule has 40 heavy (non-hydrogen) atoms. The van der Waals surface area contributed by atoms with Crippen LogP contribution in [0.5, 0.6) is 0 Å². The van der Waals surface area contributed by atoms with E-state index in [1.165, 1.54) is 6.92 Å². The van der Waals surface area contributed by atoms with Crippen LogP contribution in [0, 0.1) is 0 Å². The van der Waals surface area contributed by atoms with Crippen molar-refractivity contribution in [2.24, 2.45) is 27.9 Å². The molecule has 13 N–H and O–H groups in total. The Balaban J connectivity index is 2.23. The zero-order valence-corrected chi connectivity index (χ0v) is 22.7. The van der Waals surface area contributed by atoms with Gasteiger partial charge in [0.05, 0.1) is 6.04 Å². The van der Waals surface area contributed by atoms with Crippen LogP contribution in [-0.2, 0) is 25.6 Å². The molecule has 14 heteroatoms. The lowest BCUT2D eigenvalue weighted by molar-refractivity contribution is -0.141. The quantitative estimate of drug-likeness (QED) is 0.0638. The minimum atomic E-state index is -1.21. The van der Waals surface area contributed by atoms with Crippen LogP contribution in [-0.4, -0.2) is 77.0 Å². The van der Waals surface area contributed by atoms with Gasteiger partial charge in [0.2, 0.25) is 17.7 Å². The highest BCUT2D eigenvalue weighted by molar-refractivity contribution is 5.94. The molecule has 0 radical (unpaired) electrons. The average Bonchev–Trinajstić information content (AvgIpc) is 3.32. The molecular weight excluding hydrogens is 518 g/mol. The molecule has 0 fully saturated rings. The number of aliphatic carboxylic acids is 1. The molecule has 0 spiro atoms. The fourth-order valence-corrected chi connectivity index (χ4v) is 4.07. The zero-order chi connectivity index (χ0) is 29.7. The number of unbranched alkanes of at least 4 members (excludes halogenated alkanes) is 1. The summed E-state index contributed by atoms with van der Waals surface area (Å²) >= 11 is 0. The summed E-state index contributed by atoms with van der Waals surface area (Å²) in [4.78, 5) is 57.6. The van der Waals surface area contributed by atoms with Crippen molar-refractivity contribution >= 4 is 40.6 Å². The third-order valence-electron chi connectivity index (χ3n) is 6.35. The number of amides is 3. The number of nitrogens with two attached hydrogens (primary N) is 4. The van der Waals surface area contributed by atoms with Gasteiger partial charge in [0.15, 0.2) is 5.96 Å². The predicted molar refractivity (Wildman–Crippen MR) is 152 cm³/mol. The summed E-state index contributed by atoms with van der Waals surface area (Å²) in [7, 11) is 0. The van der Waals surface area contributed by atoms with Crippen LogP contribution in [0.4, 0.5) is 0 Å². The zero-order valence-electron chi connectivity index (χ0n) is 22.7. The van der Waals surface area contributed by atoms with E-state index in [0.717, 1.165) is 16.5 Å². The highest BCUT2D eigenvalue weighted by atomic mass is 16.4. The van der Waals surface area contributed by atoms with Crippen LogP contribution < -0.4 is 38.9 Å². The van der Waals surface area contributed by atoms with Gasteiger partial charge in [0.1, 0.15) is 18.1 Å². The summed E-state index contributed by atoms with van der Waals surface area (Å²) in [5.74, 6) is -3.07. The Hall–Kier alpha value is -4.17. The van der Waals surface area contributed by atoms with Crippen molar-refractivity contribution in [2.45, 2.75) is 69.6 Å². The van der Waals surface area contributed by atoms with Gasteiger partial charge in [-0.3, -0.25) is 24.2 Å². The van der Waals surface area contributed by atoms with E-state index in [0.29, 0.717) is 32.4 Å². The number of benzene rings is 1. The molecule has 0 aliphatic carbocycles. The summed E-state index contributed by atoms with van der Waals surface area (Å²) in [5.41, 5.74) is 23.9. The first-order valence-electron chi connectivity index (χ1n) is 13.2. The number of hydrogen-bond acceptors (Lipinski definition) is 7. The number of H-pyrrole nitrogens is 1. The van der Waals surface area contributed by atoms with E-state index in [2.05, 4.69) is 25.9 Å². The van der Waals surface area contributed by atoms with Crippen molar-refractivity contribution in [3.8, 4) is 0 Å². The molecule has 0 bridgehead atoms. The Labute approximate surface area is 232 Å². The summed E-state index contributed by atoms with van der Waals surface area (Å²) in [6.45, 7) is 2.03. The standard InChI is InChI=1S/C26H41N9O5/c1-15(25(39)40)33-23(37)20(10-4-5-11-27)34-24(38)21(13-16-14-32-19-9-3-2-7-17(16)19)35-22(36)18(28)8-6-12-31-26(29)30/h2-3,7,9,14-15,18,20-21,32H,4-6,8,10-13,27-28H2,1H3,(H,33,37)(H,34,38)(H,35,36)(H,39,40)(H4,29,30,31). The summed E-state index contributed by atoms with van der Waals surface area (Å²) in [6, 6.07) is 3.34. The van der Waals surface area contributed by atoms with Crippen molar-refractivity contribution in [1.29, 1.82) is 0 Å². The van der Waals surface area contributed by atoms with Gasteiger partial charge in [0, 0.05) is 30.1 Å². The second kappa shape index (κ2) is 16.1. The minimum Gasteiger partial charge on any atom is -0.480 e. The van der Waals surface area contributed by atoms with Crippen molar-refractivity contribution in [3.63, 3.8) is 0 Å². The second-order valence-electron chi connectivity index (χ2n) is 9.59. The number of carbonyl (C=O) groups is 4. The van der Waals surface area contributed by atoms with Gasteiger partial charge in [-0.25, -0.2) is 0 Å². The number of aliphatic imine (C=N–C) groups is 1. The molecule has 2 aromatic rings. The predicted octanol–water partition coefficient (Wildman–Crippen LogP) is -1.22. The Morgan fingerprint density at radius 1 is 0.950 bits per heavy atom. The molecule has 220 valence electrons. The number of rotatable bonds is 17. The van der Waals surface area contributed by atoms with E-state index in [1.807, 2.05) is 24.3 Å². The number of carbonyl (C=O) groups excluding carboxylic acids is 3. The fraction of sp³-hybridized carbons (Fsp3) is 0.500. The largest absolute Gasteiger partial charge is 0.480 e. The van der Waals surface area contributed by atoms with Crippen LogP contribution in [0.1, 0.15) is 44.6 Å². The molecule has 4 atom stereocenters. The van der Waals surface area contributed by atoms with Crippen molar-refractivity contribution < 1.29 is 24.3 Å². The summed E-state index contributed by atoms with van der Waals surface area (Å²) in [5, 5.41) is 17.9. The number of fused-ring (bicyclic) bond motifs is 1. The second-order valence-corrected chi connectivity index (χ2v) is 9.59. The van der Waals surface area contributed by atoms with Crippen LogP contribution in [0.2, 0.25) is 0 Å². The summed E-state index contributed by atoms with van der Waals surface area (Å²) in [6.07, 6.45) is 3.98. The van der Waals surface area contributed by atoms with Crippen LogP contribution in [0.3, 0.4) is 0 Å². The molecule has 0 saturated carbocycles. The number of para-hydroxylation sites is 1. The number of guanidine groups is 1. The molecule has 14 nitrogen and oxygen atoms in total. The Bertz CT molecular complexity index is 1180. The molecule has 1 aromatic heterocycles. The lowest BCUT2D eigenvalue weighted by atomic mass is 10.0. The third kappa shape index (κ3) is 10.2. The third-order valence-corrected chi connectivity index (χ3v) is 6.35. The molecule has 2 rings (SSSR count). The first kappa shape index (κ1) is 32.0. The topological polar surface area (TPSA) is 257 Å². The SMILES string of the molecule is CC(NC(=O)C(CCCCN)NC(=O)C(Cc1c[nH]c2ccccc12)NC(=O)C(N)CCCN=C(N)N)C(=O)O. The van der Waals surface area contributed by atoms with E-state index in [-0.39, 0.29) is 25.2 Å². The van der Waals surface area contributed by atoms with E-state index < -0.39 is 47.9 Å². The van der Waals surface area contributed by atoms with Gasteiger partial charge in [-0.1, -0.05) is 18.2 Å². The Morgan fingerprint density at radius 3 is 2.30 bits per heavy atom. The van der Waals surface area contributed by atoms with E-state index in [9.17, 15) is 24.3 Å². The maximum atomic E-state index is 13.5. The fourth-order valence-electron chi connectivity index (χ4n) is 4.07. The Morgan fingerprint density at radius 2 is 1.62 bits per heavy atom. The smallest absolute Gasteiger partial charge is 0.325 e. The number of carboxylic acids is 1. The van der Waals surface area contributed by atoms with Crippen molar-refractivity contribution in [1.82, 2.24) is 20.9 Å². The van der Waals surface area contributed by atoms with Crippen molar-refractivity contribution in [3.05, 3.63) is 36.0 Å². The van der Waals surface area contributed by atoms with Crippen molar-refractivity contribution in [2.75, 3.05) is 13.1 Å². The molecule has 0 saturated heterocycles. The van der Waals surface area contributed by atoms with Crippen LogP contribution in [0.25, 0.3) is 10.9 Å². The molecule has 1 heterocycles. The lowest BCUT2D eigenvalue weighted by Gasteiger charge is -2.25. The minimum absolute atomic E-state index is 0.0590. The van der Waals surface area contributed by atoms with E-state index >= 15 is 0 Å². The van der Waals surface area contributed by atoms with Crippen LogP contribution in [0.15, 0.2) is 35.5 Å². The number of hydrogen-bond donors (Lipinski definition) is 9. The van der Waals surface area contributed by atoms with Gasteiger partial charge >= 0.3 is 5.97 Å². The normalized spacial score (nSPS) is 14.0. The van der Waals surface area contributed by atoms with Gasteiger partial charge in [-0.05, 0) is 57.2 Å². The molecular formula is C26H41N9O5. The lowest BCUT2D eigenvalue weighted by Crippen LogP contribution is -2.57. The maximum absolute atomic E-state index is 13.5. The highest BCUT2D eigenvalue weighted by Gasteiger charge is 2.30. The maximum Gasteiger partial charge on any atom is 0.325 e.